The van der Waals surface area contributed by atoms with Crippen LogP contribution in [0.4, 0.5) is 0 Å². The quantitative estimate of drug-likeness (QED) is 0.502. The van der Waals surface area contributed by atoms with Gasteiger partial charge in [0.15, 0.2) is 0 Å². The number of hydrogen-bond donors (Lipinski definition) is 1. The van der Waals surface area contributed by atoms with E-state index in [4.69, 9.17) is 9.47 Å². The molecule has 0 saturated carbocycles. The number of methoxy groups -OCH3 is 1. The Kier molecular flexibility index (Phi) is 8.87. The van der Waals surface area contributed by atoms with Crippen LogP contribution in [0.25, 0.3) is 10.9 Å². The molecule has 5 rings (SSSR count). The van der Waals surface area contributed by atoms with Gasteiger partial charge in [0.05, 0.1) is 13.2 Å². The second-order valence-corrected chi connectivity index (χ2v) is 11.1. The van der Waals surface area contributed by atoms with E-state index in [0.717, 1.165) is 60.9 Å². The number of ether oxygens (including phenoxy) is 2. The molecule has 2 aromatic carbocycles. The van der Waals surface area contributed by atoms with Gasteiger partial charge in [-0.15, -0.1) is 0 Å². The molecule has 7 heteroatoms. The summed E-state index contributed by atoms with van der Waals surface area (Å²) in [4.78, 5) is 28.4. The van der Waals surface area contributed by atoms with Gasteiger partial charge in [0.1, 0.15) is 11.4 Å². The Morgan fingerprint density at radius 2 is 1.79 bits per heavy atom. The lowest BCUT2D eigenvalue weighted by atomic mass is 9.74. The first-order chi connectivity index (χ1) is 19.1. The third kappa shape index (κ3) is 6.47. The van der Waals surface area contributed by atoms with Gasteiger partial charge in [0, 0.05) is 50.6 Å². The first kappa shape index (κ1) is 27.3. The number of aromatic nitrogens is 1. The minimum absolute atomic E-state index is 0.0231. The van der Waals surface area contributed by atoms with Gasteiger partial charge >= 0.3 is 0 Å². The first-order valence-corrected chi connectivity index (χ1v) is 14.4. The van der Waals surface area contributed by atoms with E-state index in [2.05, 4.69) is 34.1 Å². The Hall–Kier alpha value is -3.32. The predicted molar refractivity (Wildman–Crippen MR) is 153 cm³/mol. The molecule has 0 aliphatic carbocycles. The van der Waals surface area contributed by atoms with E-state index >= 15 is 0 Å². The van der Waals surface area contributed by atoms with Crippen molar-refractivity contribution < 1.29 is 19.1 Å². The molecule has 1 fully saturated rings. The van der Waals surface area contributed by atoms with E-state index in [1.54, 1.807) is 7.11 Å². The number of rotatable bonds is 4. The fourth-order valence-corrected chi connectivity index (χ4v) is 6.13. The SMILES string of the molecule is COCCn1c(C(=O)N2CCC3(CCCCc4ccccc4OCCCC(=O)NC3)CC2)cc2ccccc21. The maximum absolute atomic E-state index is 13.8. The molecule has 0 radical (unpaired) electrons. The molecule has 0 atom stereocenters. The zero-order chi connectivity index (χ0) is 27.1. The number of carbonyl (C=O) groups is 2. The van der Waals surface area contributed by atoms with Crippen molar-refractivity contribution in [3.05, 3.63) is 65.9 Å². The molecule has 208 valence electrons. The highest BCUT2D eigenvalue weighted by molar-refractivity contribution is 5.98. The summed E-state index contributed by atoms with van der Waals surface area (Å²) in [6.07, 6.45) is 7.18. The van der Waals surface area contributed by atoms with Gasteiger partial charge < -0.3 is 24.3 Å². The van der Waals surface area contributed by atoms with Crippen LogP contribution in [0.15, 0.2) is 54.6 Å². The van der Waals surface area contributed by atoms with Crippen LogP contribution in [0.3, 0.4) is 0 Å². The number of benzene rings is 2. The van der Waals surface area contributed by atoms with Gasteiger partial charge in [0.25, 0.3) is 5.91 Å². The fraction of sp³-hybridized carbons (Fsp3) is 0.500. The number of carbonyl (C=O) groups excluding carboxylic acids is 2. The van der Waals surface area contributed by atoms with Crippen LogP contribution in [0, 0.1) is 5.41 Å². The lowest BCUT2D eigenvalue weighted by molar-refractivity contribution is -0.122. The Morgan fingerprint density at radius 3 is 2.64 bits per heavy atom. The van der Waals surface area contributed by atoms with Crippen LogP contribution < -0.4 is 10.1 Å². The molecule has 2 amide bonds. The molecule has 0 bridgehead atoms. The smallest absolute Gasteiger partial charge is 0.270 e. The summed E-state index contributed by atoms with van der Waals surface area (Å²) < 4.78 is 13.4. The molecule has 1 aromatic heterocycles. The van der Waals surface area contributed by atoms with E-state index in [1.807, 2.05) is 35.2 Å². The minimum Gasteiger partial charge on any atom is -0.493 e. The van der Waals surface area contributed by atoms with Crippen molar-refractivity contribution in [3.8, 4) is 5.75 Å². The van der Waals surface area contributed by atoms with Gasteiger partial charge in [-0.3, -0.25) is 9.59 Å². The lowest BCUT2D eigenvalue weighted by Crippen LogP contribution is -2.48. The minimum atomic E-state index is 0.0231. The highest BCUT2D eigenvalue weighted by atomic mass is 16.5. The van der Waals surface area contributed by atoms with Crippen molar-refractivity contribution >= 4 is 22.7 Å². The largest absolute Gasteiger partial charge is 0.493 e. The van der Waals surface area contributed by atoms with Gasteiger partial charge in [-0.25, -0.2) is 0 Å². The molecule has 7 nitrogen and oxygen atoms in total. The molecule has 2 aliphatic rings. The molecule has 39 heavy (non-hydrogen) atoms. The van der Waals surface area contributed by atoms with Crippen molar-refractivity contribution in [1.82, 2.24) is 14.8 Å². The van der Waals surface area contributed by atoms with Crippen LogP contribution in [-0.2, 0) is 22.5 Å². The summed E-state index contributed by atoms with van der Waals surface area (Å²) in [6, 6.07) is 18.4. The highest BCUT2D eigenvalue weighted by Gasteiger charge is 2.36. The summed E-state index contributed by atoms with van der Waals surface area (Å²) in [5, 5.41) is 4.30. The average Bonchev–Trinajstić information content (AvgIpc) is 3.34. The Morgan fingerprint density at radius 1 is 1.00 bits per heavy atom. The maximum Gasteiger partial charge on any atom is 0.270 e. The van der Waals surface area contributed by atoms with E-state index in [1.165, 1.54) is 5.56 Å². The van der Waals surface area contributed by atoms with Crippen molar-refractivity contribution in [2.45, 2.75) is 57.9 Å². The number of nitrogens with one attached hydrogen (secondary N) is 1. The van der Waals surface area contributed by atoms with Crippen LogP contribution in [-0.4, -0.2) is 61.2 Å². The number of fused-ring (bicyclic) bond motifs is 2. The molecule has 1 N–H and O–H groups in total. The molecular weight excluding hydrogens is 490 g/mol. The van der Waals surface area contributed by atoms with E-state index in [9.17, 15) is 9.59 Å². The summed E-state index contributed by atoms with van der Waals surface area (Å²) in [5.41, 5.74) is 3.06. The lowest BCUT2D eigenvalue weighted by Gasteiger charge is -2.42. The van der Waals surface area contributed by atoms with Crippen molar-refractivity contribution in [2.24, 2.45) is 5.41 Å². The van der Waals surface area contributed by atoms with Gasteiger partial charge in [-0.1, -0.05) is 42.8 Å². The van der Waals surface area contributed by atoms with Crippen LogP contribution in [0.1, 0.15) is 61.0 Å². The third-order valence-electron chi connectivity index (χ3n) is 8.50. The third-order valence-corrected chi connectivity index (χ3v) is 8.50. The van der Waals surface area contributed by atoms with E-state index in [-0.39, 0.29) is 17.2 Å². The molecule has 2 aliphatic heterocycles. The Bertz CT molecular complexity index is 1280. The van der Waals surface area contributed by atoms with Crippen LogP contribution in [0.5, 0.6) is 5.75 Å². The summed E-state index contributed by atoms with van der Waals surface area (Å²) in [5.74, 6) is 1.11. The van der Waals surface area contributed by atoms with Crippen molar-refractivity contribution in [3.63, 3.8) is 0 Å². The molecule has 0 unspecified atom stereocenters. The monoisotopic (exact) mass is 531 g/mol. The highest BCUT2D eigenvalue weighted by Crippen LogP contribution is 2.37. The number of aryl methyl sites for hydroxylation is 1. The second-order valence-electron chi connectivity index (χ2n) is 11.1. The van der Waals surface area contributed by atoms with Gasteiger partial charge in [-0.2, -0.15) is 0 Å². The topological polar surface area (TPSA) is 72.8 Å². The van der Waals surface area contributed by atoms with Crippen LogP contribution in [0.2, 0.25) is 0 Å². The molecule has 1 saturated heterocycles. The van der Waals surface area contributed by atoms with Crippen molar-refractivity contribution in [1.29, 1.82) is 0 Å². The molecule has 3 heterocycles. The number of nitrogens with zero attached hydrogens (tertiary/aromatic N) is 2. The fourth-order valence-electron chi connectivity index (χ4n) is 6.13. The number of amides is 2. The van der Waals surface area contributed by atoms with Gasteiger partial charge in [0.2, 0.25) is 5.91 Å². The van der Waals surface area contributed by atoms with Crippen molar-refractivity contribution in [2.75, 3.05) is 40.0 Å². The Labute approximate surface area is 231 Å². The molecule has 3 aromatic rings. The van der Waals surface area contributed by atoms with E-state index in [0.29, 0.717) is 52.2 Å². The number of piperidine rings is 1. The Balaban J connectivity index is 1.28. The first-order valence-electron chi connectivity index (χ1n) is 14.4. The number of para-hydroxylation sites is 2. The number of likely N-dealkylation sites (tertiary alicyclic amines) is 1. The summed E-state index contributed by atoms with van der Waals surface area (Å²) in [7, 11) is 1.69. The normalized spacial score (nSPS) is 18.7. The predicted octanol–water partition coefficient (Wildman–Crippen LogP) is 5.21. The molecular formula is C32H41N3O4. The van der Waals surface area contributed by atoms with Gasteiger partial charge in [-0.05, 0) is 67.7 Å². The summed E-state index contributed by atoms with van der Waals surface area (Å²) >= 11 is 0. The molecule has 1 spiro atoms. The standard InChI is InChI=1S/C32H41N3O4/c1-38-22-20-35-27-12-4-2-11-26(27)23-28(35)31(37)34-18-16-32(17-19-34)15-7-6-10-25-9-3-5-13-29(25)39-21-8-14-30(36)33-24-32/h2-5,9,11-13,23H,6-8,10,14-22,24H2,1H3,(H,33,36). The number of hydrogen-bond acceptors (Lipinski definition) is 4. The zero-order valence-electron chi connectivity index (χ0n) is 23.1. The maximum atomic E-state index is 13.8. The second kappa shape index (κ2) is 12.7. The van der Waals surface area contributed by atoms with Crippen LogP contribution >= 0.6 is 0 Å². The average molecular weight is 532 g/mol. The summed E-state index contributed by atoms with van der Waals surface area (Å²) in [6.45, 7) is 3.84. The van der Waals surface area contributed by atoms with E-state index < -0.39 is 0 Å². The zero-order valence-corrected chi connectivity index (χ0v) is 23.1.